The minimum Gasteiger partial charge on any atom is -0.444 e. The van der Waals surface area contributed by atoms with Gasteiger partial charge >= 0.3 is 6.09 Å². The van der Waals surface area contributed by atoms with Crippen molar-refractivity contribution in [1.82, 2.24) is 10.2 Å². The molecule has 1 aliphatic rings. The molecule has 1 aromatic carbocycles. The molecule has 1 aromatic rings. The average molecular weight is 332 g/mol. The number of nitrogens with one attached hydrogen (secondary N) is 1. The largest absolute Gasteiger partial charge is 0.444 e. The first-order valence-electron chi connectivity index (χ1n) is 8.46. The van der Waals surface area contributed by atoms with Crippen LogP contribution >= 0.6 is 0 Å². The van der Waals surface area contributed by atoms with E-state index in [0.29, 0.717) is 13.0 Å². The highest BCUT2D eigenvalue weighted by Crippen LogP contribution is 2.30. The second kappa shape index (κ2) is 7.34. The van der Waals surface area contributed by atoms with Gasteiger partial charge in [0.2, 0.25) is 0 Å². The van der Waals surface area contributed by atoms with Gasteiger partial charge in [0.1, 0.15) is 11.9 Å². The van der Waals surface area contributed by atoms with Gasteiger partial charge in [-0.25, -0.2) is 4.79 Å². The minimum atomic E-state index is -0.563. The fourth-order valence-electron chi connectivity index (χ4n) is 3.24. The number of carbonyl (C=O) groups is 2. The van der Waals surface area contributed by atoms with E-state index in [1.165, 1.54) is 5.56 Å². The highest BCUT2D eigenvalue weighted by Gasteiger charge is 2.41. The van der Waals surface area contributed by atoms with Crippen LogP contribution in [0.25, 0.3) is 0 Å². The third kappa shape index (κ3) is 4.57. The van der Waals surface area contributed by atoms with Crippen LogP contribution in [0.2, 0.25) is 0 Å². The summed E-state index contributed by atoms with van der Waals surface area (Å²) in [5, 5.41) is 3.40. The van der Waals surface area contributed by atoms with E-state index in [0.717, 1.165) is 19.1 Å². The molecule has 5 heteroatoms. The summed E-state index contributed by atoms with van der Waals surface area (Å²) in [6.07, 6.45) is 2.64. The standard InChI is InChI=1S/C19H28N2O3/c1-18(2,3)24-17(23)21-11-10-19(20-4,13-16(21)14-22)12-15-8-6-5-7-9-15/h5-9,14,16,20H,10-13H2,1-4H3. The van der Waals surface area contributed by atoms with E-state index >= 15 is 0 Å². The molecule has 2 atom stereocenters. The molecule has 0 aromatic heterocycles. The van der Waals surface area contributed by atoms with Gasteiger partial charge in [-0.05, 0) is 52.6 Å². The first-order valence-corrected chi connectivity index (χ1v) is 8.46. The number of amides is 1. The van der Waals surface area contributed by atoms with E-state index in [1.807, 2.05) is 46.0 Å². The van der Waals surface area contributed by atoms with E-state index < -0.39 is 17.7 Å². The van der Waals surface area contributed by atoms with Crippen molar-refractivity contribution in [3.8, 4) is 0 Å². The van der Waals surface area contributed by atoms with Crippen LogP contribution in [0.1, 0.15) is 39.2 Å². The van der Waals surface area contributed by atoms with Gasteiger partial charge in [-0.1, -0.05) is 30.3 Å². The number of ether oxygens (including phenoxy) is 1. The summed E-state index contributed by atoms with van der Waals surface area (Å²) in [6, 6.07) is 9.75. The van der Waals surface area contributed by atoms with Crippen molar-refractivity contribution < 1.29 is 14.3 Å². The lowest BCUT2D eigenvalue weighted by Gasteiger charge is -2.45. The van der Waals surface area contributed by atoms with Crippen LogP contribution < -0.4 is 5.32 Å². The molecule has 0 radical (unpaired) electrons. The zero-order valence-electron chi connectivity index (χ0n) is 15.0. The molecule has 0 spiro atoms. The first kappa shape index (κ1) is 18.5. The molecule has 1 heterocycles. The van der Waals surface area contributed by atoms with E-state index in [-0.39, 0.29) is 5.54 Å². The van der Waals surface area contributed by atoms with Crippen molar-refractivity contribution in [3.63, 3.8) is 0 Å². The molecule has 1 fully saturated rings. The molecule has 2 rings (SSSR count). The Kier molecular flexibility index (Phi) is 5.65. The highest BCUT2D eigenvalue weighted by molar-refractivity contribution is 5.74. The van der Waals surface area contributed by atoms with Crippen molar-refractivity contribution in [2.45, 2.75) is 57.2 Å². The van der Waals surface area contributed by atoms with E-state index in [9.17, 15) is 9.59 Å². The van der Waals surface area contributed by atoms with Crippen LogP contribution in [-0.4, -0.2) is 48.1 Å². The number of hydrogen-bond acceptors (Lipinski definition) is 4. The Morgan fingerprint density at radius 2 is 2.04 bits per heavy atom. The van der Waals surface area contributed by atoms with Gasteiger partial charge in [-0.15, -0.1) is 0 Å². The van der Waals surface area contributed by atoms with Crippen molar-refractivity contribution in [1.29, 1.82) is 0 Å². The number of aldehydes is 1. The van der Waals surface area contributed by atoms with E-state index in [2.05, 4.69) is 17.4 Å². The van der Waals surface area contributed by atoms with Crippen molar-refractivity contribution in [2.24, 2.45) is 0 Å². The normalized spacial score (nSPS) is 24.5. The van der Waals surface area contributed by atoms with Gasteiger partial charge in [-0.3, -0.25) is 4.90 Å². The van der Waals surface area contributed by atoms with Crippen molar-refractivity contribution in [2.75, 3.05) is 13.6 Å². The monoisotopic (exact) mass is 332 g/mol. The Morgan fingerprint density at radius 3 is 2.58 bits per heavy atom. The topological polar surface area (TPSA) is 58.6 Å². The predicted octanol–water partition coefficient (Wildman–Crippen LogP) is 2.79. The fourth-order valence-corrected chi connectivity index (χ4v) is 3.24. The number of carbonyl (C=O) groups excluding carboxylic acids is 2. The molecule has 5 nitrogen and oxygen atoms in total. The molecule has 24 heavy (non-hydrogen) atoms. The third-order valence-electron chi connectivity index (χ3n) is 4.53. The van der Waals surface area contributed by atoms with Crippen LogP contribution in [0, 0.1) is 0 Å². The number of nitrogens with zero attached hydrogens (tertiary/aromatic N) is 1. The molecule has 1 amide bonds. The van der Waals surface area contributed by atoms with Crippen LogP contribution in [0.4, 0.5) is 4.79 Å². The second-order valence-electron chi connectivity index (χ2n) is 7.52. The summed E-state index contributed by atoms with van der Waals surface area (Å²) >= 11 is 0. The van der Waals surface area contributed by atoms with Crippen LogP contribution in [0.15, 0.2) is 30.3 Å². The van der Waals surface area contributed by atoms with Gasteiger partial charge in [-0.2, -0.15) is 0 Å². The minimum absolute atomic E-state index is 0.189. The number of likely N-dealkylation sites (tertiary alicyclic amines) is 1. The van der Waals surface area contributed by atoms with Crippen LogP contribution in [0.5, 0.6) is 0 Å². The van der Waals surface area contributed by atoms with Crippen molar-refractivity contribution >= 4 is 12.4 Å². The Hall–Kier alpha value is -1.88. The average Bonchev–Trinajstić information content (AvgIpc) is 2.54. The summed E-state index contributed by atoms with van der Waals surface area (Å²) in [7, 11) is 1.92. The quantitative estimate of drug-likeness (QED) is 0.862. The SMILES string of the molecule is CNC1(Cc2ccccc2)CCN(C(=O)OC(C)(C)C)C(C=O)C1. The highest BCUT2D eigenvalue weighted by atomic mass is 16.6. The van der Waals surface area contributed by atoms with Gasteiger partial charge in [0.15, 0.2) is 0 Å². The second-order valence-corrected chi connectivity index (χ2v) is 7.52. The summed E-state index contributed by atoms with van der Waals surface area (Å²) in [5.74, 6) is 0. The Bertz CT molecular complexity index is 568. The molecular weight excluding hydrogens is 304 g/mol. The fraction of sp³-hybridized carbons (Fsp3) is 0.579. The zero-order valence-corrected chi connectivity index (χ0v) is 15.0. The Morgan fingerprint density at radius 1 is 1.38 bits per heavy atom. The molecular formula is C19H28N2O3. The Balaban J connectivity index is 2.12. The number of rotatable bonds is 4. The zero-order chi connectivity index (χ0) is 17.8. The Labute approximate surface area is 144 Å². The van der Waals surface area contributed by atoms with Crippen molar-refractivity contribution in [3.05, 3.63) is 35.9 Å². The number of piperidine rings is 1. The van der Waals surface area contributed by atoms with E-state index in [1.54, 1.807) is 4.90 Å². The smallest absolute Gasteiger partial charge is 0.410 e. The molecule has 2 unspecified atom stereocenters. The lowest BCUT2D eigenvalue weighted by atomic mass is 9.79. The maximum Gasteiger partial charge on any atom is 0.410 e. The molecule has 132 valence electrons. The third-order valence-corrected chi connectivity index (χ3v) is 4.53. The number of likely N-dealkylation sites (N-methyl/N-ethyl adjacent to an activating group) is 1. The lowest BCUT2D eigenvalue weighted by molar-refractivity contribution is -0.114. The molecule has 0 bridgehead atoms. The van der Waals surface area contributed by atoms with Crippen LogP contribution in [0.3, 0.4) is 0 Å². The van der Waals surface area contributed by atoms with Gasteiger partial charge in [0, 0.05) is 12.1 Å². The maximum absolute atomic E-state index is 12.4. The molecule has 1 saturated heterocycles. The maximum atomic E-state index is 12.4. The molecule has 1 aliphatic heterocycles. The molecule has 1 N–H and O–H groups in total. The molecule has 0 aliphatic carbocycles. The number of hydrogen-bond donors (Lipinski definition) is 1. The number of benzene rings is 1. The van der Waals surface area contributed by atoms with E-state index in [4.69, 9.17) is 4.74 Å². The van der Waals surface area contributed by atoms with Crippen LogP contribution in [-0.2, 0) is 16.0 Å². The van der Waals surface area contributed by atoms with Gasteiger partial charge in [0.05, 0.1) is 6.04 Å². The summed E-state index contributed by atoms with van der Waals surface area (Å²) in [6.45, 7) is 6.00. The van der Waals surface area contributed by atoms with Gasteiger partial charge < -0.3 is 14.8 Å². The first-order chi connectivity index (χ1) is 11.3. The van der Waals surface area contributed by atoms with Gasteiger partial charge in [0.25, 0.3) is 0 Å². The lowest BCUT2D eigenvalue weighted by Crippen LogP contribution is -2.59. The predicted molar refractivity (Wildman–Crippen MR) is 94.0 cm³/mol. The summed E-state index contributed by atoms with van der Waals surface area (Å²) in [4.78, 5) is 25.5. The summed E-state index contributed by atoms with van der Waals surface area (Å²) < 4.78 is 5.44. The summed E-state index contributed by atoms with van der Waals surface area (Å²) in [5.41, 5.74) is 0.472. The molecule has 0 saturated carbocycles.